The van der Waals surface area contributed by atoms with E-state index in [-0.39, 0.29) is 42.5 Å². The molecule has 0 heterocycles. The molecule has 2 rings (SSSR count). The van der Waals surface area contributed by atoms with Crippen LogP contribution in [0.4, 0.5) is 13.2 Å². The van der Waals surface area contributed by atoms with Gasteiger partial charge in [0, 0.05) is 6.42 Å². The van der Waals surface area contributed by atoms with Crippen molar-refractivity contribution < 1.29 is 27.9 Å². The molecule has 2 atom stereocenters. The van der Waals surface area contributed by atoms with Crippen molar-refractivity contribution in [1.82, 2.24) is 10.6 Å². The van der Waals surface area contributed by atoms with Crippen LogP contribution in [0.1, 0.15) is 41.7 Å². The summed E-state index contributed by atoms with van der Waals surface area (Å²) in [5.41, 5.74) is 1.55. The summed E-state index contributed by atoms with van der Waals surface area (Å²) < 4.78 is 40.8. The average molecular weight is 447 g/mol. The van der Waals surface area contributed by atoms with E-state index in [4.69, 9.17) is 10.4 Å². The summed E-state index contributed by atoms with van der Waals surface area (Å²) in [6, 6.07) is 11.9. The van der Waals surface area contributed by atoms with Crippen LogP contribution in [0.3, 0.4) is 0 Å². The molecular weight excluding hydrogens is 423 g/mol. The number of hydrogen-bond donors (Lipinski definition) is 3. The van der Waals surface area contributed by atoms with Crippen LogP contribution in [0.15, 0.2) is 48.5 Å². The fraction of sp³-hybridized carbons (Fsp3) is 0.348. The quantitative estimate of drug-likeness (QED) is 0.472. The lowest BCUT2D eigenvalue weighted by atomic mass is 9.99. The first kappa shape index (κ1) is 24.9. The molecule has 0 aliphatic carbocycles. The number of carbonyl (C=O) groups is 2. The number of nitrogens with zero attached hydrogens (tertiary/aromatic N) is 1. The van der Waals surface area contributed by atoms with Gasteiger partial charge in [0.05, 0.1) is 11.6 Å². The van der Waals surface area contributed by atoms with Gasteiger partial charge in [-0.2, -0.15) is 18.4 Å². The molecule has 0 spiro atoms. The third-order valence-corrected chi connectivity index (χ3v) is 4.92. The molecule has 1 amide bonds. The van der Waals surface area contributed by atoms with Gasteiger partial charge in [-0.1, -0.05) is 43.3 Å². The number of nitriles is 1. The molecular formula is C23H24F3N3O3. The fourth-order valence-electron chi connectivity index (χ4n) is 3.20. The van der Waals surface area contributed by atoms with Gasteiger partial charge in [0.25, 0.3) is 0 Å². The lowest BCUT2D eigenvalue weighted by Gasteiger charge is -2.23. The van der Waals surface area contributed by atoms with E-state index in [9.17, 15) is 22.8 Å². The molecule has 0 fully saturated rings. The van der Waals surface area contributed by atoms with Crippen LogP contribution < -0.4 is 10.6 Å². The van der Waals surface area contributed by atoms with E-state index in [1.807, 2.05) is 0 Å². The van der Waals surface area contributed by atoms with Crippen LogP contribution in [0.5, 0.6) is 0 Å². The standard InChI is InChI=1S/C23H24F3N3O3/c1-15(14-20(30)28-13-11-27)10-12-29-21(23(24,25)26)18-6-2-16(3-7-18)17-4-8-19(9-5-17)22(31)32/h2-9,15,21,29H,10,12-14H2,1H3,(H,28,30)(H,31,32). The average Bonchev–Trinajstić information content (AvgIpc) is 2.74. The summed E-state index contributed by atoms with van der Waals surface area (Å²) in [6.45, 7) is 1.73. The first-order chi connectivity index (χ1) is 15.1. The highest BCUT2D eigenvalue weighted by atomic mass is 19.4. The Morgan fingerprint density at radius 3 is 2.12 bits per heavy atom. The zero-order chi connectivity index (χ0) is 23.7. The van der Waals surface area contributed by atoms with Gasteiger partial charge >= 0.3 is 12.1 Å². The van der Waals surface area contributed by atoms with Crippen molar-refractivity contribution in [2.75, 3.05) is 13.1 Å². The molecule has 0 saturated carbocycles. The molecule has 32 heavy (non-hydrogen) atoms. The summed E-state index contributed by atoms with van der Waals surface area (Å²) in [4.78, 5) is 22.5. The Labute approximate surface area is 184 Å². The van der Waals surface area contributed by atoms with Crippen molar-refractivity contribution in [2.24, 2.45) is 5.92 Å². The van der Waals surface area contributed by atoms with E-state index >= 15 is 0 Å². The molecule has 0 radical (unpaired) electrons. The number of amides is 1. The smallest absolute Gasteiger partial charge is 0.407 e. The molecule has 0 saturated heterocycles. The first-order valence-electron chi connectivity index (χ1n) is 9.99. The maximum Gasteiger partial charge on any atom is 0.407 e. The molecule has 2 unspecified atom stereocenters. The zero-order valence-corrected chi connectivity index (χ0v) is 17.4. The third kappa shape index (κ3) is 7.39. The number of nitrogens with one attached hydrogen (secondary N) is 2. The van der Waals surface area contributed by atoms with Crippen LogP contribution in [-0.2, 0) is 4.79 Å². The van der Waals surface area contributed by atoms with E-state index in [0.717, 1.165) is 0 Å². The topological polar surface area (TPSA) is 102 Å². The number of carboxylic acids is 1. The molecule has 0 aliphatic heterocycles. The predicted octanol–water partition coefficient (Wildman–Crippen LogP) is 4.30. The molecule has 3 N–H and O–H groups in total. The zero-order valence-electron chi connectivity index (χ0n) is 17.4. The van der Waals surface area contributed by atoms with E-state index < -0.39 is 18.2 Å². The normalized spacial score (nSPS) is 13.1. The van der Waals surface area contributed by atoms with Gasteiger partial charge in [0.15, 0.2) is 0 Å². The number of carboxylic acid groups (broad SMARTS) is 1. The SMILES string of the molecule is CC(CCNC(c1ccc(-c2ccc(C(=O)O)cc2)cc1)C(F)(F)F)CC(=O)NCC#N. The summed E-state index contributed by atoms with van der Waals surface area (Å²) in [6.07, 6.45) is -4.01. The fourth-order valence-corrected chi connectivity index (χ4v) is 3.20. The Morgan fingerprint density at radius 2 is 1.62 bits per heavy atom. The molecule has 170 valence electrons. The second kappa shape index (κ2) is 11.3. The van der Waals surface area contributed by atoms with Crippen LogP contribution in [0, 0.1) is 17.2 Å². The Bertz CT molecular complexity index is 952. The van der Waals surface area contributed by atoms with Gasteiger partial charge in [-0.3, -0.25) is 4.79 Å². The Kier molecular flexibility index (Phi) is 8.79. The Balaban J connectivity index is 2.01. The molecule has 9 heteroatoms. The van der Waals surface area contributed by atoms with E-state index in [1.165, 1.54) is 24.3 Å². The van der Waals surface area contributed by atoms with Gasteiger partial charge in [-0.25, -0.2) is 4.79 Å². The van der Waals surface area contributed by atoms with Crippen molar-refractivity contribution >= 4 is 11.9 Å². The molecule has 0 aliphatic rings. The van der Waals surface area contributed by atoms with Crippen molar-refractivity contribution in [3.63, 3.8) is 0 Å². The molecule has 6 nitrogen and oxygen atoms in total. The Hall–Kier alpha value is -3.38. The minimum Gasteiger partial charge on any atom is -0.478 e. The Morgan fingerprint density at radius 1 is 1.06 bits per heavy atom. The molecule has 2 aromatic carbocycles. The van der Waals surface area contributed by atoms with Gasteiger partial charge in [-0.05, 0) is 47.7 Å². The molecule has 2 aromatic rings. The maximum absolute atomic E-state index is 13.6. The number of carbonyl (C=O) groups excluding carboxylic acids is 1. The maximum atomic E-state index is 13.6. The lowest BCUT2D eigenvalue weighted by molar-refractivity contribution is -0.157. The number of alkyl halides is 3. The first-order valence-corrected chi connectivity index (χ1v) is 9.99. The summed E-state index contributed by atoms with van der Waals surface area (Å²) in [5.74, 6) is -1.51. The second-order valence-corrected chi connectivity index (χ2v) is 7.47. The highest BCUT2D eigenvalue weighted by Gasteiger charge is 2.40. The number of halogens is 3. The number of rotatable bonds is 10. The largest absolute Gasteiger partial charge is 0.478 e. The third-order valence-electron chi connectivity index (χ3n) is 4.92. The number of hydrogen-bond acceptors (Lipinski definition) is 4. The molecule has 0 aromatic heterocycles. The number of aromatic carboxylic acids is 1. The highest BCUT2D eigenvalue weighted by molar-refractivity contribution is 5.88. The highest BCUT2D eigenvalue weighted by Crippen LogP contribution is 2.34. The minimum atomic E-state index is -4.50. The van der Waals surface area contributed by atoms with E-state index in [1.54, 1.807) is 37.3 Å². The van der Waals surface area contributed by atoms with Gasteiger partial charge in [-0.15, -0.1) is 0 Å². The van der Waals surface area contributed by atoms with Crippen LogP contribution in [0.25, 0.3) is 11.1 Å². The molecule has 0 bridgehead atoms. The van der Waals surface area contributed by atoms with Crippen LogP contribution in [-0.4, -0.2) is 36.2 Å². The summed E-state index contributed by atoms with van der Waals surface area (Å²) >= 11 is 0. The van der Waals surface area contributed by atoms with Crippen molar-refractivity contribution in [3.05, 3.63) is 59.7 Å². The van der Waals surface area contributed by atoms with Crippen molar-refractivity contribution in [2.45, 2.75) is 32.0 Å². The predicted molar refractivity (Wildman–Crippen MR) is 113 cm³/mol. The van der Waals surface area contributed by atoms with Crippen LogP contribution in [0.2, 0.25) is 0 Å². The van der Waals surface area contributed by atoms with Gasteiger partial charge in [0.1, 0.15) is 12.6 Å². The summed E-state index contributed by atoms with van der Waals surface area (Å²) in [7, 11) is 0. The summed E-state index contributed by atoms with van der Waals surface area (Å²) in [5, 5.41) is 22.3. The van der Waals surface area contributed by atoms with Gasteiger partial charge < -0.3 is 15.7 Å². The second-order valence-electron chi connectivity index (χ2n) is 7.47. The van der Waals surface area contributed by atoms with E-state index in [2.05, 4.69) is 10.6 Å². The van der Waals surface area contributed by atoms with Crippen LogP contribution >= 0.6 is 0 Å². The lowest BCUT2D eigenvalue weighted by Crippen LogP contribution is -2.35. The van der Waals surface area contributed by atoms with E-state index in [0.29, 0.717) is 17.5 Å². The van der Waals surface area contributed by atoms with Gasteiger partial charge in [0.2, 0.25) is 5.91 Å². The number of benzene rings is 2. The van der Waals surface area contributed by atoms with Crippen molar-refractivity contribution in [3.8, 4) is 17.2 Å². The minimum absolute atomic E-state index is 0.0582. The monoisotopic (exact) mass is 447 g/mol. The van der Waals surface area contributed by atoms with Crippen molar-refractivity contribution in [1.29, 1.82) is 5.26 Å².